The van der Waals surface area contributed by atoms with Crippen molar-refractivity contribution in [3.63, 3.8) is 0 Å². The van der Waals surface area contributed by atoms with Crippen LogP contribution in [0.1, 0.15) is 22.0 Å². The molecule has 0 aliphatic heterocycles. The number of carbonyl (C=O) groups is 1. The van der Waals surface area contributed by atoms with Crippen LogP contribution in [-0.4, -0.2) is 16.1 Å². The van der Waals surface area contributed by atoms with Crippen LogP contribution in [0.15, 0.2) is 28.8 Å². The number of nitrogens with zero attached hydrogens (tertiary/aromatic N) is 2. The zero-order chi connectivity index (χ0) is 14.8. The number of benzene rings is 1. The van der Waals surface area contributed by atoms with Crippen LogP contribution in [0.25, 0.3) is 10.2 Å². The second-order valence-electron chi connectivity index (χ2n) is 4.72. The van der Waals surface area contributed by atoms with Gasteiger partial charge in [-0.3, -0.25) is 4.79 Å². The van der Waals surface area contributed by atoms with Crippen molar-refractivity contribution < 1.29 is 14.1 Å². The van der Waals surface area contributed by atoms with Gasteiger partial charge >= 0.3 is 5.97 Å². The maximum atomic E-state index is 11.9. The molecule has 0 fully saturated rings. The minimum absolute atomic E-state index is 0.173. The Balaban J connectivity index is 1.63. The Morgan fingerprint density at radius 1 is 1.33 bits per heavy atom. The van der Waals surface area contributed by atoms with Crippen molar-refractivity contribution in [1.82, 2.24) is 10.1 Å². The van der Waals surface area contributed by atoms with Crippen LogP contribution in [-0.2, 0) is 22.6 Å². The van der Waals surface area contributed by atoms with E-state index in [0.717, 1.165) is 26.5 Å². The summed E-state index contributed by atoms with van der Waals surface area (Å²) in [7, 11) is 0. The average Bonchev–Trinajstić information content (AvgIpc) is 3.03. The second-order valence-corrected chi connectivity index (χ2v) is 5.83. The van der Waals surface area contributed by atoms with Gasteiger partial charge in [0.1, 0.15) is 17.4 Å². The van der Waals surface area contributed by atoms with E-state index in [0.29, 0.717) is 5.76 Å². The zero-order valence-corrected chi connectivity index (χ0v) is 12.6. The molecule has 0 N–H and O–H groups in total. The fourth-order valence-corrected chi connectivity index (χ4v) is 2.95. The number of hydrogen-bond donors (Lipinski definition) is 0. The molecule has 0 atom stereocenters. The van der Waals surface area contributed by atoms with E-state index in [1.165, 1.54) is 11.3 Å². The molecule has 0 radical (unpaired) electrons. The molecule has 0 unspecified atom stereocenters. The zero-order valence-electron chi connectivity index (χ0n) is 11.8. The van der Waals surface area contributed by atoms with Crippen molar-refractivity contribution in [2.45, 2.75) is 26.9 Å². The molecule has 0 bridgehead atoms. The van der Waals surface area contributed by atoms with E-state index in [1.807, 2.05) is 31.2 Å². The molecule has 1 aromatic carbocycles. The van der Waals surface area contributed by atoms with Gasteiger partial charge in [-0.1, -0.05) is 17.3 Å². The van der Waals surface area contributed by atoms with Crippen LogP contribution < -0.4 is 0 Å². The number of rotatable bonds is 4. The fourth-order valence-electron chi connectivity index (χ4n) is 2.07. The summed E-state index contributed by atoms with van der Waals surface area (Å²) in [6, 6.07) is 7.85. The summed E-state index contributed by atoms with van der Waals surface area (Å²) in [5, 5.41) is 4.62. The molecule has 0 amide bonds. The van der Waals surface area contributed by atoms with Gasteiger partial charge in [0.15, 0.2) is 0 Å². The van der Waals surface area contributed by atoms with Gasteiger partial charge in [-0.2, -0.15) is 0 Å². The second kappa shape index (κ2) is 5.65. The van der Waals surface area contributed by atoms with Crippen LogP contribution in [0, 0.1) is 13.8 Å². The quantitative estimate of drug-likeness (QED) is 0.692. The smallest absolute Gasteiger partial charge is 0.310 e. The number of aromatic nitrogens is 2. The van der Waals surface area contributed by atoms with Gasteiger partial charge in [-0.15, -0.1) is 11.3 Å². The predicted octanol–water partition coefficient (Wildman–Crippen LogP) is 3.19. The minimum Gasteiger partial charge on any atom is -0.458 e. The maximum absolute atomic E-state index is 11.9. The Kier molecular flexibility index (Phi) is 3.70. The van der Waals surface area contributed by atoms with E-state index in [2.05, 4.69) is 10.1 Å². The molecular formula is C15H14N2O3S. The molecule has 108 valence electrons. The summed E-state index contributed by atoms with van der Waals surface area (Å²) in [5.74, 6) is 0.355. The number of fused-ring (bicyclic) bond motifs is 1. The van der Waals surface area contributed by atoms with E-state index < -0.39 is 0 Å². The Morgan fingerprint density at radius 3 is 2.86 bits per heavy atom. The van der Waals surface area contributed by atoms with Crippen LogP contribution in [0.2, 0.25) is 0 Å². The van der Waals surface area contributed by atoms with Gasteiger partial charge in [0, 0.05) is 5.56 Å². The summed E-state index contributed by atoms with van der Waals surface area (Å²) >= 11 is 1.53. The normalized spacial score (nSPS) is 11.0. The predicted molar refractivity (Wildman–Crippen MR) is 79.1 cm³/mol. The number of ether oxygens (including phenoxy) is 1. The van der Waals surface area contributed by atoms with E-state index in [1.54, 1.807) is 6.92 Å². The lowest BCUT2D eigenvalue weighted by Gasteiger charge is -2.02. The SMILES string of the molecule is Cc1noc(C)c1CC(=O)OCc1nc2ccccc2s1. The molecule has 3 rings (SSSR count). The number of thiazole rings is 1. The highest BCUT2D eigenvalue weighted by Crippen LogP contribution is 2.22. The van der Waals surface area contributed by atoms with Crippen molar-refractivity contribution in [3.8, 4) is 0 Å². The third-order valence-electron chi connectivity index (χ3n) is 3.20. The van der Waals surface area contributed by atoms with Crippen molar-refractivity contribution >= 4 is 27.5 Å². The lowest BCUT2D eigenvalue weighted by atomic mass is 10.1. The van der Waals surface area contributed by atoms with E-state index in [9.17, 15) is 4.79 Å². The molecule has 21 heavy (non-hydrogen) atoms. The molecule has 2 heterocycles. The molecule has 0 aliphatic rings. The Morgan fingerprint density at radius 2 is 2.14 bits per heavy atom. The summed E-state index contributed by atoms with van der Waals surface area (Å²) in [6.07, 6.45) is 0.173. The Bertz CT molecular complexity index is 739. The minimum atomic E-state index is -0.302. The highest BCUT2D eigenvalue weighted by atomic mass is 32.1. The topological polar surface area (TPSA) is 65.2 Å². The lowest BCUT2D eigenvalue weighted by Crippen LogP contribution is -2.09. The van der Waals surface area contributed by atoms with Crippen LogP contribution in [0.5, 0.6) is 0 Å². The number of carbonyl (C=O) groups excluding carboxylic acids is 1. The first-order valence-electron chi connectivity index (χ1n) is 6.55. The lowest BCUT2D eigenvalue weighted by molar-refractivity contribution is -0.144. The summed E-state index contributed by atoms with van der Waals surface area (Å²) in [6.45, 7) is 3.80. The fraction of sp³-hybridized carbons (Fsp3) is 0.267. The van der Waals surface area contributed by atoms with Gasteiger partial charge in [-0.25, -0.2) is 4.98 Å². The first kappa shape index (κ1) is 13.8. The standard InChI is InChI=1S/C15H14N2O3S/c1-9-11(10(2)20-17-9)7-15(18)19-8-14-16-12-5-3-4-6-13(12)21-14/h3-6H,7-8H2,1-2H3. The van der Waals surface area contributed by atoms with Crippen LogP contribution >= 0.6 is 11.3 Å². The molecular weight excluding hydrogens is 288 g/mol. The average molecular weight is 302 g/mol. The molecule has 2 aromatic heterocycles. The van der Waals surface area contributed by atoms with Crippen molar-refractivity contribution in [3.05, 3.63) is 46.3 Å². The van der Waals surface area contributed by atoms with E-state index >= 15 is 0 Å². The highest BCUT2D eigenvalue weighted by Gasteiger charge is 2.15. The summed E-state index contributed by atoms with van der Waals surface area (Å²) < 4.78 is 11.4. The first-order chi connectivity index (χ1) is 10.1. The van der Waals surface area contributed by atoms with Crippen molar-refractivity contribution in [1.29, 1.82) is 0 Å². The Hall–Kier alpha value is -2.21. The van der Waals surface area contributed by atoms with Gasteiger partial charge < -0.3 is 9.26 Å². The third kappa shape index (κ3) is 2.95. The summed E-state index contributed by atoms with van der Waals surface area (Å²) in [5.41, 5.74) is 2.45. The van der Waals surface area contributed by atoms with Crippen molar-refractivity contribution in [2.75, 3.05) is 0 Å². The summed E-state index contributed by atoms with van der Waals surface area (Å²) in [4.78, 5) is 16.3. The maximum Gasteiger partial charge on any atom is 0.310 e. The number of esters is 1. The third-order valence-corrected chi connectivity index (χ3v) is 4.21. The molecule has 6 heteroatoms. The van der Waals surface area contributed by atoms with Crippen LogP contribution in [0.4, 0.5) is 0 Å². The Labute approximate surface area is 125 Å². The number of aryl methyl sites for hydroxylation is 2. The molecule has 0 saturated heterocycles. The van der Waals surface area contributed by atoms with Gasteiger partial charge in [0.2, 0.25) is 0 Å². The van der Waals surface area contributed by atoms with Gasteiger partial charge in [-0.05, 0) is 26.0 Å². The largest absolute Gasteiger partial charge is 0.458 e. The first-order valence-corrected chi connectivity index (χ1v) is 7.37. The van der Waals surface area contributed by atoms with E-state index in [4.69, 9.17) is 9.26 Å². The molecule has 0 spiro atoms. The molecule has 5 nitrogen and oxygen atoms in total. The molecule has 0 saturated carbocycles. The van der Waals surface area contributed by atoms with E-state index in [-0.39, 0.29) is 19.0 Å². The van der Waals surface area contributed by atoms with Gasteiger partial charge in [0.05, 0.1) is 22.3 Å². The highest BCUT2D eigenvalue weighted by molar-refractivity contribution is 7.18. The number of hydrogen-bond acceptors (Lipinski definition) is 6. The molecule has 0 aliphatic carbocycles. The van der Waals surface area contributed by atoms with Crippen LogP contribution in [0.3, 0.4) is 0 Å². The number of para-hydroxylation sites is 1. The molecule has 3 aromatic rings. The monoisotopic (exact) mass is 302 g/mol. The van der Waals surface area contributed by atoms with Gasteiger partial charge in [0.25, 0.3) is 0 Å². The van der Waals surface area contributed by atoms with Crippen molar-refractivity contribution in [2.24, 2.45) is 0 Å².